The molecule has 0 radical (unpaired) electrons. The topological polar surface area (TPSA) is 73.0 Å². The number of rotatable bonds is 2. The molecule has 0 aliphatic carbocycles. The van der Waals surface area contributed by atoms with E-state index in [9.17, 15) is 10.1 Å². The van der Waals surface area contributed by atoms with E-state index in [2.05, 4.69) is 10.4 Å². The van der Waals surface area contributed by atoms with Gasteiger partial charge in [-0.15, -0.1) is 0 Å². The van der Waals surface area contributed by atoms with Crippen molar-refractivity contribution in [3.05, 3.63) is 22.0 Å². The number of nitro groups is 1. The molecule has 0 saturated carbocycles. The molecule has 1 fully saturated rings. The molecule has 1 aromatic heterocycles. The number of aryl methyl sites for hydroxylation is 1. The third kappa shape index (κ3) is 1.48. The van der Waals surface area contributed by atoms with Crippen LogP contribution in [0.2, 0.25) is 0 Å². The first-order chi connectivity index (χ1) is 6.68. The van der Waals surface area contributed by atoms with E-state index in [-0.39, 0.29) is 16.7 Å². The Labute approximate surface area is 81.1 Å². The zero-order chi connectivity index (χ0) is 10.1. The predicted octanol–water partition coefficient (Wildman–Crippen LogP) is 0.634. The molecule has 14 heavy (non-hydrogen) atoms. The van der Waals surface area contributed by atoms with Crippen molar-refractivity contribution in [3.8, 4) is 0 Å². The molecule has 0 amide bonds. The standard InChI is InChI=1S/C8H12N4O2/c1-6-8(12(13)14)5-11(10-6)7-2-3-9-4-7/h5,7,9H,2-4H2,1H3/t7-/m0/s1. The quantitative estimate of drug-likeness (QED) is 0.556. The van der Waals surface area contributed by atoms with E-state index < -0.39 is 0 Å². The molecule has 0 aromatic carbocycles. The summed E-state index contributed by atoms with van der Waals surface area (Å²) < 4.78 is 1.70. The summed E-state index contributed by atoms with van der Waals surface area (Å²) in [7, 11) is 0. The van der Waals surface area contributed by atoms with E-state index in [1.165, 1.54) is 6.20 Å². The summed E-state index contributed by atoms with van der Waals surface area (Å²) in [6, 6.07) is 0.266. The van der Waals surface area contributed by atoms with Crippen LogP contribution in [0.15, 0.2) is 6.20 Å². The number of aromatic nitrogens is 2. The monoisotopic (exact) mass is 196 g/mol. The summed E-state index contributed by atoms with van der Waals surface area (Å²) in [6.45, 7) is 3.46. The van der Waals surface area contributed by atoms with Gasteiger partial charge >= 0.3 is 5.69 Å². The smallest absolute Gasteiger partial charge is 0.309 e. The fourth-order valence-electron chi connectivity index (χ4n) is 1.70. The van der Waals surface area contributed by atoms with Gasteiger partial charge in [0.15, 0.2) is 0 Å². The molecule has 6 heteroatoms. The lowest BCUT2D eigenvalue weighted by atomic mass is 10.3. The van der Waals surface area contributed by atoms with E-state index in [1.54, 1.807) is 11.6 Å². The highest BCUT2D eigenvalue weighted by Crippen LogP contribution is 2.21. The normalized spacial score (nSPS) is 21.4. The molecule has 1 N–H and O–H groups in total. The van der Waals surface area contributed by atoms with Gasteiger partial charge in [-0.05, 0) is 19.9 Å². The van der Waals surface area contributed by atoms with Crippen LogP contribution in [0, 0.1) is 17.0 Å². The predicted molar refractivity (Wildman–Crippen MR) is 50.1 cm³/mol. The third-order valence-electron chi connectivity index (χ3n) is 2.50. The molecule has 0 unspecified atom stereocenters. The molecule has 1 aliphatic heterocycles. The van der Waals surface area contributed by atoms with E-state index in [0.717, 1.165) is 19.5 Å². The molecule has 2 heterocycles. The molecular formula is C8H12N4O2. The highest BCUT2D eigenvalue weighted by molar-refractivity contribution is 5.31. The van der Waals surface area contributed by atoms with Gasteiger partial charge in [-0.25, -0.2) is 0 Å². The Hall–Kier alpha value is -1.43. The van der Waals surface area contributed by atoms with E-state index in [0.29, 0.717) is 5.69 Å². The molecule has 1 aromatic rings. The van der Waals surface area contributed by atoms with Crippen molar-refractivity contribution in [1.29, 1.82) is 0 Å². The first kappa shape index (κ1) is 9.14. The largest absolute Gasteiger partial charge is 0.315 e. The van der Waals surface area contributed by atoms with Crippen LogP contribution in [-0.4, -0.2) is 27.8 Å². The second kappa shape index (κ2) is 3.38. The van der Waals surface area contributed by atoms with E-state index >= 15 is 0 Å². The Kier molecular flexibility index (Phi) is 2.20. The zero-order valence-corrected chi connectivity index (χ0v) is 7.93. The maximum atomic E-state index is 10.6. The summed E-state index contributed by atoms with van der Waals surface area (Å²) in [4.78, 5) is 10.2. The number of nitrogens with zero attached hydrogens (tertiary/aromatic N) is 3. The second-order valence-electron chi connectivity index (χ2n) is 3.48. The van der Waals surface area contributed by atoms with Crippen LogP contribution < -0.4 is 5.32 Å². The summed E-state index contributed by atoms with van der Waals surface area (Å²) in [6.07, 6.45) is 2.51. The highest BCUT2D eigenvalue weighted by atomic mass is 16.6. The zero-order valence-electron chi connectivity index (χ0n) is 7.93. The Morgan fingerprint density at radius 1 is 1.79 bits per heavy atom. The van der Waals surface area contributed by atoms with Crippen molar-refractivity contribution in [2.75, 3.05) is 13.1 Å². The highest BCUT2D eigenvalue weighted by Gasteiger charge is 2.22. The van der Waals surface area contributed by atoms with Gasteiger partial charge < -0.3 is 5.32 Å². The van der Waals surface area contributed by atoms with Gasteiger partial charge in [0, 0.05) is 6.54 Å². The van der Waals surface area contributed by atoms with Gasteiger partial charge in [0.25, 0.3) is 0 Å². The molecule has 1 atom stereocenters. The summed E-state index contributed by atoms with van der Waals surface area (Å²) in [5.74, 6) is 0. The van der Waals surface area contributed by atoms with Gasteiger partial charge in [-0.2, -0.15) is 5.10 Å². The van der Waals surface area contributed by atoms with Crippen molar-refractivity contribution in [2.45, 2.75) is 19.4 Å². The van der Waals surface area contributed by atoms with Crippen LogP contribution in [0.5, 0.6) is 0 Å². The van der Waals surface area contributed by atoms with E-state index in [1.807, 2.05) is 0 Å². The summed E-state index contributed by atoms with van der Waals surface area (Å²) >= 11 is 0. The van der Waals surface area contributed by atoms with Crippen molar-refractivity contribution in [2.24, 2.45) is 0 Å². The van der Waals surface area contributed by atoms with E-state index in [4.69, 9.17) is 0 Å². The van der Waals surface area contributed by atoms with Gasteiger partial charge in [-0.1, -0.05) is 0 Å². The fraction of sp³-hybridized carbons (Fsp3) is 0.625. The average Bonchev–Trinajstić information content (AvgIpc) is 2.70. The van der Waals surface area contributed by atoms with Gasteiger partial charge in [0.1, 0.15) is 11.9 Å². The number of hydrogen-bond acceptors (Lipinski definition) is 4. The van der Waals surface area contributed by atoms with Crippen molar-refractivity contribution in [3.63, 3.8) is 0 Å². The van der Waals surface area contributed by atoms with Crippen LogP contribution in [0.3, 0.4) is 0 Å². The fourth-order valence-corrected chi connectivity index (χ4v) is 1.70. The molecule has 1 saturated heterocycles. The summed E-state index contributed by atoms with van der Waals surface area (Å²) in [5, 5.41) is 17.9. The lowest BCUT2D eigenvalue weighted by Crippen LogP contribution is -2.13. The first-order valence-electron chi connectivity index (χ1n) is 4.59. The number of nitrogens with one attached hydrogen (secondary N) is 1. The first-order valence-corrected chi connectivity index (χ1v) is 4.59. The number of hydrogen-bond donors (Lipinski definition) is 1. The average molecular weight is 196 g/mol. The maximum Gasteiger partial charge on any atom is 0.309 e. The van der Waals surface area contributed by atoms with Crippen molar-refractivity contribution < 1.29 is 4.92 Å². The Morgan fingerprint density at radius 2 is 2.57 bits per heavy atom. The Bertz CT molecular complexity index is 354. The molecule has 0 bridgehead atoms. The Balaban J connectivity index is 2.27. The van der Waals surface area contributed by atoms with Crippen LogP contribution in [0.1, 0.15) is 18.2 Å². The van der Waals surface area contributed by atoms with Crippen LogP contribution in [0.25, 0.3) is 0 Å². The minimum atomic E-state index is -0.388. The van der Waals surface area contributed by atoms with Gasteiger partial charge in [-0.3, -0.25) is 14.8 Å². The SMILES string of the molecule is Cc1nn([C@H]2CCNC2)cc1[N+](=O)[O-]. The lowest BCUT2D eigenvalue weighted by Gasteiger charge is -2.06. The molecule has 0 spiro atoms. The van der Waals surface area contributed by atoms with Crippen LogP contribution in [0.4, 0.5) is 5.69 Å². The molecular weight excluding hydrogens is 184 g/mol. The molecule has 76 valence electrons. The summed E-state index contributed by atoms with van der Waals surface area (Å²) in [5.41, 5.74) is 0.596. The second-order valence-corrected chi connectivity index (χ2v) is 3.48. The van der Waals surface area contributed by atoms with Crippen molar-refractivity contribution >= 4 is 5.69 Å². The minimum Gasteiger partial charge on any atom is -0.315 e. The Morgan fingerprint density at radius 3 is 3.07 bits per heavy atom. The van der Waals surface area contributed by atoms with Gasteiger partial charge in [0.05, 0.1) is 11.0 Å². The van der Waals surface area contributed by atoms with Crippen LogP contribution >= 0.6 is 0 Å². The van der Waals surface area contributed by atoms with Crippen LogP contribution in [-0.2, 0) is 0 Å². The maximum absolute atomic E-state index is 10.6. The van der Waals surface area contributed by atoms with Gasteiger partial charge in [0.2, 0.25) is 0 Å². The van der Waals surface area contributed by atoms with Crippen molar-refractivity contribution in [1.82, 2.24) is 15.1 Å². The lowest BCUT2D eigenvalue weighted by molar-refractivity contribution is -0.385. The molecule has 2 rings (SSSR count). The minimum absolute atomic E-state index is 0.108. The molecule has 6 nitrogen and oxygen atoms in total. The molecule has 1 aliphatic rings. The third-order valence-corrected chi connectivity index (χ3v) is 2.50.